The van der Waals surface area contributed by atoms with Crippen LogP contribution in [0.4, 0.5) is 10.5 Å². The molecular formula is C31H33N3O4. The second kappa shape index (κ2) is 11.9. The Balaban J connectivity index is 1.29. The Bertz CT molecular complexity index is 1380. The molecule has 1 saturated heterocycles. The number of pyridine rings is 1. The van der Waals surface area contributed by atoms with E-state index in [1.165, 1.54) is 0 Å². The van der Waals surface area contributed by atoms with Crippen molar-refractivity contribution in [1.82, 2.24) is 9.88 Å². The summed E-state index contributed by atoms with van der Waals surface area (Å²) in [6, 6.07) is 26.3. The van der Waals surface area contributed by atoms with Crippen molar-refractivity contribution in [2.45, 2.75) is 27.1 Å². The zero-order chi connectivity index (χ0) is 26.3. The summed E-state index contributed by atoms with van der Waals surface area (Å²) < 4.78 is 17.7. The van der Waals surface area contributed by atoms with Crippen LogP contribution in [0.5, 0.6) is 11.5 Å². The molecule has 7 nitrogen and oxygen atoms in total. The first-order valence-electron chi connectivity index (χ1n) is 13.1. The minimum Gasteiger partial charge on any atom is -0.488 e. The molecule has 1 amide bonds. The van der Waals surface area contributed by atoms with Gasteiger partial charge in [0.25, 0.3) is 0 Å². The third-order valence-corrected chi connectivity index (χ3v) is 6.77. The topological polar surface area (TPSA) is 64.1 Å². The van der Waals surface area contributed by atoms with E-state index in [0.29, 0.717) is 32.9 Å². The zero-order valence-electron chi connectivity index (χ0n) is 21.9. The Morgan fingerprint density at radius 2 is 1.63 bits per heavy atom. The smallest absolute Gasteiger partial charge is 0.409 e. The molecule has 7 heteroatoms. The SMILES string of the molecule is CCOC(=O)N1CCN(c2cccc(OCc3nc4ccccc4c(OCc4ccccc4)c3C)c2)CC1. The fourth-order valence-electron chi connectivity index (χ4n) is 4.67. The number of hydrogen-bond acceptors (Lipinski definition) is 6. The van der Waals surface area contributed by atoms with E-state index < -0.39 is 0 Å². The second-order valence-electron chi connectivity index (χ2n) is 9.26. The van der Waals surface area contributed by atoms with Crippen LogP contribution in [0.1, 0.15) is 23.7 Å². The van der Waals surface area contributed by atoms with Crippen molar-refractivity contribution in [2.75, 3.05) is 37.7 Å². The summed E-state index contributed by atoms with van der Waals surface area (Å²) >= 11 is 0. The van der Waals surface area contributed by atoms with Crippen molar-refractivity contribution in [3.05, 3.63) is 95.7 Å². The molecule has 0 N–H and O–H groups in total. The van der Waals surface area contributed by atoms with Gasteiger partial charge in [-0.1, -0.05) is 48.5 Å². The van der Waals surface area contributed by atoms with E-state index in [4.69, 9.17) is 19.2 Å². The summed E-state index contributed by atoms with van der Waals surface area (Å²) in [5.41, 5.74) is 4.89. The van der Waals surface area contributed by atoms with E-state index in [1.54, 1.807) is 4.90 Å². The van der Waals surface area contributed by atoms with Crippen LogP contribution in [0.3, 0.4) is 0 Å². The van der Waals surface area contributed by atoms with Crippen LogP contribution in [-0.4, -0.2) is 48.8 Å². The molecule has 4 aromatic rings. The van der Waals surface area contributed by atoms with Gasteiger partial charge in [0.15, 0.2) is 0 Å². The maximum Gasteiger partial charge on any atom is 0.409 e. The Morgan fingerprint density at radius 3 is 2.42 bits per heavy atom. The predicted octanol–water partition coefficient (Wildman–Crippen LogP) is 5.98. The van der Waals surface area contributed by atoms with Gasteiger partial charge in [-0.15, -0.1) is 0 Å². The van der Waals surface area contributed by atoms with Gasteiger partial charge in [-0.2, -0.15) is 0 Å². The van der Waals surface area contributed by atoms with Gasteiger partial charge in [-0.05, 0) is 43.7 Å². The molecule has 38 heavy (non-hydrogen) atoms. The predicted molar refractivity (Wildman–Crippen MR) is 149 cm³/mol. The lowest BCUT2D eigenvalue weighted by molar-refractivity contribution is 0.105. The molecule has 1 aliphatic rings. The van der Waals surface area contributed by atoms with Gasteiger partial charge in [0.2, 0.25) is 0 Å². The average molecular weight is 512 g/mol. The van der Waals surface area contributed by atoms with E-state index >= 15 is 0 Å². The van der Waals surface area contributed by atoms with Gasteiger partial charge >= 0.3 is 6.09 Å². The summed E-state index contributed by atoms with van der Waals surface area (Å²) in [6.45, 7) is 7.84. The Labute approximate surface area is 223 Å². The minimum atomic E-state index is -0.241. The standard InChI is InChI=1S/C31H33N3O4/c1-3-36-31(35)34-18-16-33(17-19-34)25-12-9-13-26(20-25)37-22-29-23(2)30(27-14-7-8-15-28(27)32-29)38-21-24-10-5-4-6-11-24/h4-15,20H,3,16-19,21-22H2,1-2H3. The van der Waals surface area contributed by atoms with E-state index in [2.05, 4.69) is 23.1 Å². The van der Waals surface area contributed by atoms with Crippen LogP contribution in [0.25, 0.3) is 10.9 Å². The molecule has 1 aliphatic heterocycles. The number of carbonyl (C=O) groups is 1. The molecule has 3 aromatic carbocycles. The van der Waals surface area contributed by atoms with Crippen LogP contribution in [0.15, 0.2) is 78.9 Å². The van der Waals surface area contributed by atoms with Crippen LogP contribution in [0.2, 0.25) is 0 Å². The van der Waals surface area contributed by atoms with Crippen molar-refractivity contribution >= 4 is 22.7 Å². The summed E-state index contributed by atoms with van der Waals surface area (Å²) in [5, 5.41) is 0.994. The third kappa shape index (κ3) is 5.83. The molecule has 0 radical (unpaired) electrons. The number of hydrogen-bond donors (Lipinski definition) is 0. The fraction of sp³-hybridized carbons (Fsp3) is 0.290. The summed E-state index contributed by atoms with van der Waals surface area (Å²) in [5.74, 6) is 1.61. The molecule has 0 spiro atoms. The zero-order valence-corrected chi connectivity index (χ0v) is 21.9. The molecule has 0 unspecified atom stereocenters. The van der Waals surface area contributed by atoms with Crippen molar-refractivity contribution in [2.24, 2.45) is 0 Å². The lowest BCUT2D eigenvalue weighted by atomic mass is 10.1. The third-order valence-electron chi connectivity index (χ3n) is 6.77. The van der Waals surface area contributed by atoms with E-state index in [0.717, 1.165) is 58.0 Å². The number of carbonyl (C=O) groups excluding carboxylic acids is 1. The van der Waals surface area contributed by atoms with Crippen molar-refractivity contribution < 1.29 is 19.0 Å². The van der Waals surface area contributed by atoms with E-state index in [1.807, 2.05) is 74.5 Å². The largest absolute Gasteiger partial charge is 0.488 e. The van der Waals surface area contributed by atoms with E-state index in [-0.39, 0.29) is 6.09 Å². The van der Waals surface area contributed by atoms with Crippen LogP contribution < -0.4 is 14.4 Å². The summed E-state index contributed by atoms with van der Waals surface area (Å²) in [7, 11) is 0. The molecule has 0 atom stereocenters. The summed E-state index contributed by atoms with van der Waals surface area (Å²) in [4.78, 5) is 20.9. The van der Waals surface area contributed by atoms with Gasteiger partial charge in [0.05, 0.1) is 17.8 Å². The van der Waals surface area contributed by atoms with Crippen LogP contribution in [-0.2, 0) is 18.0 Å². The van der Waals surface area contributed by atoms with Gasteiger partial charge in [-0.3, -0.25) is 0 Å². The van der Waals surface area contributed by atoms with E-state index in [9.17, 15) is 4.79 Å². The maximum atomic E-state index is 12.0. The molecule has 0 saturated carbocycles. The van der Waals surface area contributed by atoms with Gasteiger partial charge in [0.1, 0.15) is 24.7 Å². The molecule has 0 bridgehead atoms. The molecule has 1 fully saturated rings. The molecule has 2 heterocycles. The highest BCUT2D eigenvalue weighted by Gasteiger charge is 2.22. The number of fused-ring (bicyclic) bond motifs is 1. The fourth-order valence-corrected chi connectivity index (χ4v) is 4.67. The quantitative estimate of drug-likeness (QED) is 0.290. The lowest BCUT2D eigenvalue weighted by Crippen LogP contribution is -2.49. The Morgan fingerprint density at radius 1 is 0.868 bits per heavy atom. The van der Waals surface area contributed by atoms with Gasteiger partial charge < -0.3 is 24.0 Å². The second-order valence-corrected chi connectivity index (χ2v) is 9.26. The number of anilines is 1. The van der Waals surface area contributed by atoms with Gasteiger partial charge in [0, 0.05) is 48.9 Å². The lowest BCUT2D eigenvalue weighted by Gasteiger charge is -2.35. The minimum absolute atomic E-state index is 0.241. The number of para-hydroxylation sites is 1. The first-order chi connectivity index (χ1) is 18.6. The highest BCUT2D eigenvalue weighted by atomic mass is 16.6. The normalized spacial score (nSPS) is 13.4. The van der Waals surface area contributed by atoms with Crippen LogP contribution >= 0.6 is 0 Å². The van der Waals surface area contributed by atoms with Crippen molar-refractivity contribution in [3.63, 3.8) is 0 Å². The molecule has 196 valence electrons. The number of amides is 1. The highest BCUT2D eigenvalue weighted by molar-refractivity contribution is 5.86. The van der Waals surface area contributed by atoms with Crippen LogP contribution in [0, 0.1) is 6.92 Å². The number of ether oxygens (including phenoxy) is 3. The Hall–Kier alpha value is -4.26. The average Bonchev–Trinajstić information content (AvgIpc) is 2.96. The number of benzene rings is 3. The number of piperazine rings is 1. The monoisotopic (exact) mass is 511 g/mol. The molecule has 1 aromatic heterocycles. The van der Waals surface area contributed by atoms with Crippen molar-refractivity contribution in [3.8, 4) is 11.5 Å². The number of aromatic nitrogens is 1. The number of rotatable bonds is 8. The molecule has 0 aliphatic carbocycles. The first kappa shape index (κ1) is 25.4. The summed E-state index contributed by atoms with van der Waals surface area (Å²) in [6.07, 6.45) is -0.241. The maximum absolute atomic E-state index is 12.0. The number of nitrogens with zero attached hydrogens (tertiary/aromatic N) is 3. The molecular weight excluding hydrogens is 478 g/mol. The Kier molecular flexibility index (Phi) is 7.92. The van der Waals surface area contributed by atoms with Gasteiger partial charge in [-0.25, -0.2) is 9.78 Å². The van der Waals surface area contributed by atoms with Crippen molar-refractivity contribution in [1.29, 1.82) is 0 Å². The molecule has 5 rings (SSSR count). The first-order valence-corrected chi connectivity index (χ1v) is 13.1. The highest BCUT2D eigenvalue weighted by Crippen LogP contribution is 2.32.